The smallest absolute Gasteiger partial charge is 0.239 e. The van der Waals surface area contributed by atoms with E-state index in [0.29, 0.717) is 30.7 Å². The monoisotopic (exact) mass is 320 g/mol. The number of carbonyl (C=O) groups is 1. The molecular weight excluding hydrogens is 300 g/mol. The maximum atomic E-state index is 12.9. The van der Waals surface area contributed by atoms with Gasteiger partial charge in [0, 0.05) is 6.54 Å². The number of allylic oxidation sites excluding steroid dienone is 1. The highest BCUT2D eigenvalue weighted by Gasteiger charge is 2.38. The number of nitrogens with two attached hydrogens (primary N) is 1. The van der Waals surface area contributed by atoms with E-state index >= 15 is 0 Å². The minimum atomic E-state index is -3.63. The topological polar surface area (TPSA) is 80.5 Å². The summed E-state index contributed by atoms with van der Waals surface area (Å²) in [6, 6.07) is 7.09. The summed E-state index contributed by atoms with van der Waals surface area (Å²) in [5.41, 5.74) is 7.50. The van der Waals surface area contributed by atoms with Crippen molar-refractivity contribution in [2.24, 2.45) is 5.73 Å². The average molecular weight is 320 g/mol. The maximum Gasteiger partial charge on any atom is 0.239 e. The summed E-state index contributed by atoms with van der Waals surface area (Å²) in [5.74, 6) is -0.555. The van der Waals surface area contributed by atoms with Crippen LogP contribution >= 0.6 is 0 Å². The third-order valence-electron chi connectivity index (χ3n) is 4.43. The van der Waals surface area contributed by atoms with Crippen molar-refractivity contribution in [1.29, 1.82) is 0 Å². The Bertz CT molecular complexity index is 725. The Balaban J connectivity index is 1.96. The van der Waals surface area contributed by atoms with Crippen LogP contribution in [0.4, 0.5) is 0 Å². The lowest BCUT2D eigenvalue weighted by Crippen LogP contribution is -2.50. The molecule has 3 rings (SSSR count). The van der Waals surface area contributed by atoms with E-state index in [9.17, 15) is 13.2 Å². The maximum absolute atomic E-state index is 12.9. The highest BCUT2D eigenvalue weighted by molar-refractivity contribution is 7.93. The number of benzene rings is 1. The van der Waals surface area contributed by atoms with Crippen LogP contribution in [0.2, 0.25) is 0 Å². The molecule has 118 valence electrons. The Morgan fingerprint density at radius 3 is 2.73 bits per heavy atom. The van der Waals surface area contributed by atoms with E-state index in [1.54, 1.807) is 6.08 Å². The molecule has 1 heterocycles. The Kier molecular flexibility index (Phi) is 4.06. The average Bonchev–Trinajstić information content (AvgIpc) is 2.54. The van der Waals surface area contributed by atoms with Crippen molar-refractivity contribution in [2.45, 2.75) is 38.1 Å². The molecule has 0 radical (unpaired) electrons. The number of sulfonamides is 1. The van der Waals surface area contributed by atoms with Gasteiger partial charge in [0.1, 0.15) is 6.04 Å². The molecular formula is C16H20N2O3S. The number of hydrogen-bond acceptors (Lipinski definition) is 3. The van der Waals surface area contributed by atoms with Crippen molar-refractivity contribution in [2.75, 3.05) is 6.54 Å². The Morgan fingerprint density at radius 1 is 1.18 bits per heavy atom. The van der Waals surface area contributed by atoms with Crippen molar-refractivity contribution < 1.29 is 13.2 Å². The largest absolute Gasteiger partial charge is 0.368 e. The van der Waals surface area contributed by atoms with Gasteiger partial charge in [-0.2, -0.15) is 4.31 Å². The number of aryl methyl sites for hydroxylation is 1. The molecule has 1 aliphatic carbocycles. The van der Waals surface area contributed by atoms with Crippen molar-refractivity contribution in [3.05, 3.63) is 40.3 Å². The molecule has 5 nitrogen and oxygen atoms in total. The molecule has 1 saturated heterocycles. The summed E-state index contributed by atoms with van der Waals surface area (Å²) >= 11 is 0. The van der Waals surface area contributed by atoms with E-state index in [-0.39, 0.29) is 0 Å². The van der Waals surface area contributed by atoms with Crippen molar-refractivity contribution in [1.82, 2.24) is 4.31 Å². The van der Waals surface area contributed by atoms with Crippen LogP contribution in [0.1, 0.15) is 36.8 Å². The van der Waals surface area contributed by atoms with Crippen LogP contribution in [-0.2, 0) is 21.2 Å². The summed E-state index contributed by atoms with van der Waals surface area (Å²) in [4.78, 5) is 12.0. The normalized spacial score (nSPS) is 22.7. The molecule has 1 fully saturated rings. The van der Waals surface area contributed by atoms with Gasteiger partial charge in [0.2, 0.25) is 15.9 Å². The Labute approximate surface area is 130 Å². The molecule has 1 aromatic rings. The summed E-state index contributed by atoms with van der Waals surface area (Å²) in [6.07, 6.45) is 5.03. The summed E-state index contributed by atoms with van der Waals surface area (Å²) in [5, 5.41) is 0. The minimum Gasteiger partial charge on any atom is -0.368 e. The standard InChI is InChI=1S/C16H20N2O3S/c17-16(19)15-7-3-4-10-18(15)22(20,21)14-9-8-12-5-1-2-6-13(12)11-14/h1-2,5-6,11,15H,3-4,7-10H2,(H2,17,19)/t15-/m0/s1. The van der Waals surface area contributed by atoms with Crippen LogP contribution in [0.3, 0.4) is 0 Å². The molecule has 6 heteroatoms. The first kappa shape index (κ1) is 15.2. The predicted molar refractivity (Wildman–Crippen MR) is 85.2 cm³/mol. The van der Waals surface area contributed by atoms with Crippen LogP contribution in [0.5, 0.6) is 0 Å². The zero-order valence-electron chi connectivity index (χ0n) is 12.4. The van der Waals surface area contributed by atoms with Crippen LogP contribution in [-0.4, -0.2) is 31.2 Å². The molecule has 0 bridgehead atoms. The molecule has 1 aliphatic heterocycles. The zero-order chi connectivity index (χ0) is 15.7. The molecule has 1 amide bonds. The van der Waals surface area contributed by atoms with Crippen LogP contribution in [0.25, 0.3) is 6.08 Å². The molecule has 0 unspecified atom stereocenters. The number of carbonyl (C=O) groups excluding carboxylic acids is 1. The highest BCUT2D eigenvalue weighted by atomic mass is 32.2. The summed E-state index contributed by atoms with van der Waals surface area (Å²) in [7, 11) is -3.63. The van der Waals surface area contributed by atoms with Gasteiger partial charge in [-0.25, -0.2) is 8.42 Å². The number of amides is 1. The number of rotatable bonds is 3. The van der Waals surface area contributed by atoms with Gasteiger partial charge in [-0.3, -0.25) is 4.79 Å². The number of nitrogens with zero attached hydrogens (tertiary/aromatic N) is 1. The third-order valence-corrected chi connectivity index (χ3v) is 6.47. The number of primary amides is 1. The molecule has 1 atom stereocenters. The number of hydrogen-bond donors (Lipinski definition) is 1. The second kappa shape index (κ2) is 5.85. The Hall–Kier alpha value is -1.66. The fourth-order valence-corrected chi connectivity index (χ4v) is 5.09. The predicted octanol–water partition coefficient (Wildman–Crippen LogP) is 1.64. The molecule has 1 aromatic carbocycles. The molecule has 22 heavy (non-hydrogen) atoms. The van der Waals surface area contributed by atoms with Gasteiger partial charge in [-0.15, -0.1) is 0 Å². The number of fused-ring (bicyclic) bond motifs is 1. The molecule has 0 saturated carbocycles. The lowest BCUT2D eigenvalue weighted by molar-refractivity contribution is -0.122. The minimum absolute atomic E-state index is 0.370. The zero-order valence-corrected chi connectivity index (χ0v) is 13.2. The van der Waals surface area contributed by atoms with E-state index in [2.05, 4.69) is 0 Å². The Morgan fingerprint density at radius 2 is 1.95 bits per heavy atom. The van der Waals surface area contributed by atoms with Gasteiger partial charge in [0.15, 0.2) is 0 Å². The van der Waals surface area contributed by atoms with E-state index in [1.807, 2.05) is 24.3 Å². The van der Waals surface area contributed by atoms with Gasteiger partial charge >= 0.3 is 0 Å². The lowest BCUT2D eigenvalue weighted by Gasteiger charge is -2.33. The van der Waals surface area contributed by atoms with Gasteiger partial charge in [-0.05, 0) is 42.9 Å². The molecule has 2 aliphatic rings. The first-order valence-electron chi connectivity index (χ1n) is 7.60. The second-order valence-electron chi connectivity index (χ2n) is 5.84. The van der Waals surface area contributed by atoms with Crippen molar-refractivity contribution in [3.63, 3.8) is 0 Å². The van der Waals surface area contributed by atoms with Crippen LogP contribution < -0.4 is 5.73 Å². The van der Waals surface area contributed by atoms with E-state index in [1.165, 1.54) is 4.31 Å². The van der Waals surface area contributed by atoms with Crippen molar-refractivity contribution in [3.8, 4) is 0 Å². The van der Waals surface area contributed by atoms with E-state index in [4.69, 9.17) is 5.73 Å². The third kappa shape index (κ3) is 2.68. The molecule has 0 aromatic heterocycles. The second-order valence-corrected chi connectivity index (χ2v) is 7.78. The van der Waals surface area contributed by atoms with Crippen LogP contribution in [0, 0.1) is 0 Å². The highest BCUT2D eigenvalue weighted by Crippen LogP contribution is 2.31. The fraction of sp³-hybridized carbons (Fsp3) is 0.438. The van der Waals surface area contributed by atoms with Gasteiger partial charge in [0.25, 0.3) is 0 Å². The van der Waals surface area contributed by atoms with E-state index in [0.717, 1.165) is 24.0 Å². The number of piperidine rings is 1. The first-order chi connectivity index (χ1) is 10.5. The fourth-order valence-electron chi connectivity index (χ4n) is 3.24. The SMILES string of the molecule is NC(=O)[C@@H]1CCCCN1S(=O)(=O)C1=Cc2ccccc2CC1. The summed E-state index contributed by atoms with van der Waals surface area (Å²) < 4.78 is 27.1. The quantitative estimate of drug-likeness (QED) is 0.919. The van der Waals surface area contributed by atoms with E-state index < -0.39 is 22.0 Å². The molecule has 0 spiro atoms. The summed E-state index contributed by atoms with van der Waals surface area (Å²) in [6.45, 7) is 0.370. The lowest BCUT2D eigenvalue weighted by atomic mass is 9.98. The van der Waals surface area contributed by atoms with Gasteiger partial charge < -0.3 is 5.73 Å². The molecule has 2 N–H and O–H groups in total. The van der Waals surface area contributed by atoms with Crippen molar-refractivity contribution >= 4 is 22.0 Å². The van der Waals surface area contributed by atoms with Gasteiger partial charge in [0.05, 0.1) is 4.91 Å². The van der Waals surface area contributed by atoms with Crippen LogP contribution in [0.15, 0.2) is 29.2 Å². The van der Waals surface area contributed by atoms with Gasteiger partial charge in [-0.1, -0.05) is 30.7 Å². The first-order valence-corrected chi connectivity index (χ1v) is 9.04.